The Morgan fingerprint density at radius 2 is 1.76 bits per heavy atom. The summed E-state index contributed by atoms with van der Waals surface area (Å²) in [7, 11) is 0. The molecule has 1 heterocycles. The molecule has 1 saturated heterocycles. The Labute approximate surface area is 229 Å². The molecule has 1 aromatic rings. The van der Waals surface area contributed by atoms with Gasteiger partial charge in [-0.1, -0.05) is 55.9 Å². The summed E-state index contributed by atoms with van der Waals surface area (Å²) in [5.74, 6) is -1.76. The number of carbonyl (C=O) groups is 4. The van der Waals surface area contributed by atoms with Crippen molar-refractivity contribution in [2.45, 2.75) is 58.1 Å². The second-order valence-electron chi connectivity index (χ2n) is 9.94. The molecule has 0 unspecified atom stereocenters. The van der Waals surface area contributed by atoms with E-state index >= 15 is 0 Å². The number of hydrogen-bond donors (Lipinski definition) is 2. The van der Waals surface area contributed by atoms with Gasteiger partial charge in [0.1, 0.15) is 5.54 Å². The van der Waals surface area contributed by atoms with Crippen LogP contribution in [0.5, 0.6) is 0 Å². The molecule has 1 fully saturated rings. The Balaban J connectivity index is 1.97. The van der Waals surface area contributed by atoms with Crippen molar-refractivity contribution in [1.29, 1.82) is 0 Å². The van der Waals surface area contributed by atoms with Gasteiger partial charge in [-0.05, 0) is 32.3 Å². The number of benzene rings is 1. The lowest BCUT2D eigenvalue weighted by molar-refractivity contribution is -0.150. The Morgan fingerprint density at radius 1 is 1.11 bits per heavy atom. The lowest BCUT2D eigenvalue weighted by atomic mass is 10.0. The van der Waals surface area contributed by atoms with Gasteiger partial charge in [0.15, 0.2) is 6.04 Å². The molecule has 1 aliphatic rings. The summed E-state index contributed by atoms with van der Waals surface area (Å²) in [6.45, 7) is 11.5. The van der Waals surface area contributed by atoms with E-state index in [0.29, 0.717) is 26.3 Å². The molecule has 212 valence electrons. The van der Waals surface area contributed by atoms with Gasteiger partial charge < -0.3 is 24.8 Å². The van der Waals surface area contributed by atoms with E-state index in [-0.39, 0.29) is 37.4 Å². The van der Waals surface area contributed by atoms with Crippen LogP contribution in [0.1, 0.15) is 40.2 Å². The number of amides is 2. The molecule has 0 aliphatic carbocycles. The first-order valence-electron chi connectivity index (χ1n) is 12.9. The summed E-state index contributed by atoms with van der Waals surface area (Å²) in [5, 5.41) is 4.62. The monoisotopic (exact) mass is 551 g/mol. The zero-order valence-corrected chi connectivity index (χ0v) is 23.8. The van der Waals surface area contributed by atoms with E-state index in [0.717, 1.165) is 17.3 Å². The van der Waals surface area contributed by atoms with Crippen molar-refractivity contribution in [1.82, 2.24) is 15.5 Å². The first-order valence-corrected chi connectivity index (χ1v) is 13.8. The molecule has 0 spiro atoms. The molecule has 0 radical (unpaired) electrons. The van der Waals surface area contributed by atoms with E-state index in [1.54, 1.807) is 20.8 Å². The predicted molar refractivity (Wildman–Crippen MR) is 145 cm³/mol. The third-order valence-corrected chi connectivity index (χ3v) is 7.26. The Hall–Kier alpha value is -2.47. The number of rotatable bonds is 14. The number of nitrogens with one attached hydrogen (secondary N) is 2. The van der Waals surface area contributed by atoms with Crippen LogP contribution in [0.15, 0.2) is 30.3 Å². The first kappa shape index (κ1) is 31.7. The van der Waals surface area contributed by atoms with Crippen LogP contribution in [-0.4, -0.2) is 90.7 Å². The van der Waals surface area contributed by atoms with Crippen LogP contribution in [-0.2, 0) is 40.0 Å². The molecular formula is C27H41N3O7S. The quantitative estimate of drug-likeness (QED) is 0.333. The largest absolute Gasteiger partial charge is 0.464 e. The molecule has 1 aliphatic heterocycles. The SMILES string of the molecule is CCOC(=O)[C@H](COCc1ccccc1)NC(=O)C(C)(C)NC(=O)[C@@H](SC(=O)CN1CCOCC1)C(C)C. The maximum absolute atomic E-state index is 13.2. The Morgan fingerprint density at radius 3 is 2.37 bits per heavy atom. The maximum atomic E-state index is 13.2. The fraction of sp³-hybridized carbons (Fsp3) is 0.630. The highest BCUT2D eigenvalue weighted by Crippen LogP contribution is 2.22. The molecule has 10 nitrogen and oxygen atoms in total. The number of esters is 1. The van der Waals surface area contributed by atoms with Crippen molar-refractivity contribution in [2.24, 2.45) is 5.92 Å². The molecule has 1 aromatic carbocycles. The van der Waals surface area contributed by atoms with Crippen LogP contribution in [0.2, 0.25) is 0 Å². The molecule has 11 heteroatoms. The highest BCUT2D eigenvalue weighted by atomic mass is 32.2. The number of thioether (sulfide) groups is 1. The normalized spacial score (nSPS) is 15.9. The molecule has 2 atom stereocenters. The zero-order valence-electron chi connectivity index (χ0n) is 23.0. The van der Waals surface area contributed by atoms with E-state index in [2.05, 4.69) is 10.6 Å². The lowest BCUT2D eigenvalue weighted by Crippen LogP contribution is -2.60. The van der Waals surface area contributed by atoms with E-state index in [9.17, 15) is 19.2 Å². The molecule has 0 bridgehead atoms. The van der Waals surface area contributed by atoms with Gasteiger partial charge in [0.25, 0.3) is 0 Å². The van der Waals surface area contributed by atoms with Crippen molar-refractivity contribution in [3.8, 4) is 0 Å². The second-order valence-corrected chi connectivity index (χ2v) is 11.1. The van der Waals surface area contributed by atoms with Crippen molar-refractivity contribution < 1.29 is 33.4 Å². The summed E-state index contributed by atoms with van der Waals surface area (Å²) in [6, 6.07) is 8.40. The Kier molecular flexibility index (Phi) is 13.2. The molecule has 38 heavy (non-hydrogen) atoms. The van der Waals surface area contributed by atoms with Gasteiger partial charge >= 0.3 is 5.97 Å². The number of carbonyl (C=O) groups excluding carboxylic acids is 4. The average Bonchev–Trinajstić information content (AvgIpc) is 2.87. The van der Waals surface area contributed by atoms with Gasteiger partial charge in [0.05, 0.1) is 44.8 Å². The average molecular weight is 552 g/mol. The molecule has 2 rings (SSSR count). The van der Waals surface area contributed by atoms with Gasteiger partial charge in [0, 0.05) is 13.1 Å². The number of ether oxygens (including phenoxy) is 3. The smallest absolute Gasteiger partial charge is 0.331 e. The highest BCUT2D eigenvalue weighted by molar-refractivity contribution is 8.14. The van der Waals surface area contributed by atoms with Crippen LogP contribution in [0, 0.1) is 5.92 Å². The van der Waals surface area contributed by atoms with E-state index in [1.807, 2.05) is 49.1 Å². The topological polar surface area (TPSA) is 123 Å². The minimum absolute atomic E-state index is 0.0932. The van der Waals surface area contributed by atoms with E-state index in [1.165, 1.54) is 0 Å². The fourth-order valence-electron chi connectivity index (χ4n) is 3.67. The van der Waals surface area contributed by atoms with Crippen LogP contribution in [0.4, 0.5) is 0 Å². The number of nitrogens with zero attached hydrogens (tertiary/aromatic N) is 1. The fourth-order valence-corrected chi connectivity index (χ4v) is 4.65. The van der Waals surface area contributed by atoms with Crippen molar-refractivity contribution in [3.63, 3.8) is 0 Å². The molecule has 2 amide bonds. The van der Waals surface area contributed by atoms with Crippen molar-refractivity contribution >= 4 is 34.7 Å². The lowest BCUT2D eigenvalue weighted by Gasteiger charge is -2.30. The molecule has 0 saturated carbocycles. The molecule has 2 N–H and O–H groups in total. The summed E-state index contributed by atoms with van der Waals surface area (Å²) in [6.07, 6.45) is 0. The van der Waals surface area contributed by atoms with Crippen LogP contribution in [0.25, 0.3) is 0 Å². The van der Waals surface area contributed by atoms with Gasteiger partial charge in [-0.2, -0.15) is 0 Å². The van der Waals surface area contributed by atoms with E-state index in [4.69, 9.17) is 14.2 Å². The van der Waals surface area contributed by atoms with Crippen LogP contribution in [0.3, 0.4) is 0 Å². The highest BCUT2D eigenvalue weighted by Gasteiger charge is 2.37. The van der Waals surface area contributed by atoms with Gasteiger partial charge in [-0.15, -0.1) is 0 Å². The van der Waals surface area contributed by atoms with Crippen molar-refractivity contribution in [2.75, 3.05) is 46.1 Å². The van der Waals surface area contributed by atoms with Gasteiger partial charge in [-0.25, -0.2) is 4.79 Å². The standard InChI is InChI=1S/C27H41N3O7S/c1-6-37-25(33)21(18-36-17-20-10-8-7-9-11-20)28-26(34)27(4,5)29-24(32)23(19(2)3)38-22(31)16-30-12-14-35-15-13-30/h7-11,19,21,23H,6,12-18H2,1-5H3,(H,28,34)(H,29,32)/t21-,23-/m0/s1. The third kappa shape index (κ3) is 10.7. The Bertz CT molecular complexity index is 921. The summed E-state index contributed by atoms with van der Waals surface area (Å²) < 4.78 is 16.1. The van der Waals surface area contributed by atoms with Crippen LogP contribution < -0.4 is 10.6 Å². The summed E-state index contributed by atoms with van der Waals surface area (Å²) in [5.41, 5.74) is -0.434. The van der Waals surface area contributed by atoms with E-state index < -0.39 is 34.6 Å². The maximum Gasteiger partial charge on any atom is 0.331 e. The molecular weight excluding hydrogens is 510 g/mol. The third-order valence-electron chi connectivity index (χ3n) is 5.85. The summed E-state index contributed by atoms with van der Waals surface area (Å²) in [4.78, 5) is 53.5. The van der Waals surface area contributed by atoms with Crippen LogP contribution >= 0.6 is 11.8 Å². The second kappa shape index (κ2) is 15.8. The first-order chi connectivity index (χ1) is 18.0. The van der Waals surface area contributed by atoms with Gasteiger partial charge in [0.2, 0.25) is 16.9 Å². The summed E-state index contributed by atoms with van der Waals surface area (Å²) >= 11 is 0.982. The van der Waals surface area contributed by atoms with Gasteiger partial charge in [-0.3, -0.25) is 19.3 Å². The number of hydrogen-bond acceptors (Lipinski definition) is 9. The van der Waals surface area contributed by atoms with Crippen molar-refractivity contribution in [3.05, 3.63) is 35.9 Å². The zero-order chi connectivity index (χ0) is 28.1. The predicted octanol–water partition coefficient (Wildman–Crippen LogP) is 1.76. The minimum atomic E-state index is -1.36. The molecule has 0 aromatic heterocycles. The number of morpholine rings is 1. The minimum Gasteiger partial charge on any atom is -0.464 e.